The quantitative estimate of drug-likeness (QED) is 0.866. The highest BCUT2D eigenvalue weighted by Crippen LogP contribution is 2.30. The second-order valence-electron chi connectivity index (χ2n) is 5.94. The largest absolute Gasteiger partial charge is 0.416 e. The summed E-state index contributed by atoms with van der Waals surface area (Å²) in [6, 6.07) is 4.51. The number of halogens is 3. The van der Waals surface area contributed by atoms with E-state index >= 15 is 0 Å². The van der Waals surface area contributed by atoms with Crippen molar-refractivity contribution in [3.05, 3.63) is 46.8 Å². The van der Waals surface area contributed by atoms with Gasteiger partial charge in [0.25, 0.3) is 0 Å². The average molecular weight is 355 g/mol. The van der Waals surface area contributed by atoms with Crippen LogP contribution in [0.5, 0.6) is 0 Å². The SMILES string of the molecule is Cc1nn(-c2cccc(C(F)(F)F)c2)c(C)c1CC(=O)NC(C)CO. The summed E-state index contributed by atoms with van der Waals surface area (Å²) in [5.74, 6) is -0.281. The maximum absolute atomic E-state index is 12.9. The number of aliphatic hydroxyl groups is 1. The first-order chi connectivity index (χ1) is 11.6. The molecule has 1 amide bonds. The molecule has 136 valence electrons. The van der Waals surface area contributed by atoms with Crippen LogP contribution in [0, 0.1) is 13.8 Å². The Bertz CT molecular complexity index is 769. The highest BCUT2D eigenvalue weighted by atomic mass is 19.4. The van der Waals surface area contributed by atoms with E-state index in [4.69, 9.17) is 5.11 Å². The number of nitrogens with one attached hydrogen (secondary N) is 1. The smallest absolute Gasteiger partial charge is 0.394 e. The molecule has 2 rings (SSSR count). The summed E-state index contributed by atoms with van der Waals surface area (Å²) in [6.07, 6.45) is -4.39. The lowest BCUT2D eigenvalue weighted by Crippen LogP contribution is -2.36. The van der Waals surface area contributed by atoms with E-state index in [1.165, 1.54) is 16.8 Å². The van der Waals surface area contributed by atoms with Gasteiger partial charge in [-0.2, -0.15) is 18.3 Å². The minimum Gasteiger partial charge on any atom is -0.394 e. The second kappa shape index (κ2) is 7.26. The number of aryl methyl sites for hydroxylation is 1. The third-order valence-corrected chi connectivity index (χ3v) is 3.88. The zero-order valence-corrected chi connectivity index (χ0v) is 14.2. The first-order valence-corrected chi connectivity index (χ1v) is 7.76. The summed E-state index contributed by atoms with van der Waals surface area (Å²) < 4.78 is 40.1. The van der Waals surface area contributed by atoms with E-state index in [0.29, 0.717) is 17.0 Å². The van der Waals surface area contributed by atoms with Crippen molar-refractivity contribution in [2.24, 2.45) is 0 Å². The molecule has 8 heteroatoms. The third kappa shape index (κ3) is 4.39. The van der Waals surface area contributed by atoms with Gasteiger partial charge in [-0.05, 0) is 39.0 Å². The summed E-state index contributed by atoms with van der Waals surface area (Å²) in [7, 11) is 0. The van der Waals surface area contributed by atoms with E-state index in [1.807, 2.05) is 0 Å². The molecular formula is C17H20F3N3O2. The molecule has 0 aliphatic heterocycles. The lowest BCUT2D eigenvalue weighted by atomic mass is 10.1. The molecule has 0 saturated heterocycles. The van der Waals surface area contributed by atoms with Gasteiger partial charge in [-0.25, -0.2) is 4.68 Å². The van der Waals surface area contributed by atoms with Gasteiger partial charge < -0.3 is 10.4 Å². The Morgan fingerprint density at radius 1 is 1.36 bits per heavy atom. The summed E-state index contributed by atoms with van der Waals surface area (Å²) in [6.45, 7) is 4.91. The fraction of sp³-hybridized carbons (Fsp3) is 0.412. The number of aromatic nitrogens is 2. The molecule has 0 fully saturated rings. The monoisotopic (exact) mass is 355 g/mol. The molecule has 0 spiro atoms. The van der Waals surface area contributed by atoms with E-state index < -0.39 is 11.7 Å². The minimum atomic E-state index is -4.44. The zero-order valence-electron chi connectivity index (χ0n) is 14.2. The molecule has 0 saturated carbocycles. The molecule has 1 heterocycles. The minimum absolute atomic E-state index is 0.0426. The first kappa shape index (κ1) is 19.0. The van der Waals surface area contributed by atoms with Gasteiger partial charge in [0, 0.05) is 17.3 Å². The van der Waals surface area contributed by atoms with E-state index in [-0.39, 0.29) is 30.7 Å². The summed E-state index contributed by atoms with van der Waals surface area (Å²) in [5, 5.41) is 15.9. The van der Waals surface area contributed by atoms with E-state index in [1.54, 1.807) is 20.8 Å². The Kier molecular flexibility index (Phi) is 5.52. The van der Waals surface area contributed by atoms with Crippen LogP contribution >= 0.6 is 0 Å². The molecule has 2 N–H and O–H groups in total. The van der Waals surface area contributed by atoms with Gasteiger partial charge in [0.15, 0.2) is 0 Å². The molecule has 1 unspecified atom stereocenters. The van der Waals surface area contributed by atoms with Crippen molar-refractivity contribution in [1.82, 2.24) is 15.1 Å². The number of alkyl halides is 3. The first-order valence-electron chi connectivity index (χ1n) is 7.76. The van der Waals surface area contributed by atoms with Gasteiger partial charge >= 0.3 is 6.18 Å². The highest BCUT2D eigenvalue weighted by Gasteiger charge is 2.30. The normalized spacial score (nSPS) is 12.9. The second-order valence-corrected chi connectivity index (χ2v) is 5.94. The number of benzene rings is 1. The van der Waals surface area contributed by atoms with E-state index in [2.05, 4.69) is 10.4 Å². The van der Waals surface area contributed by atoms with Crippen LogP contribution in [0.1, 0.15) is 29.4 Å². The lowest BCUT2D eigenvalue weighted by molar-refractivity contribution is -0.137. The number of hydrogen-bond donors (Lipinski definition) is 2. The van der Waals surface area contributed by atoms with Crippen LogP contribution < -0.4 is 5.32 Å². The number of hydrogen-bond acceptors (Lipinski definition) is 3. The average Bonchev–Trinajstić information content (AvgIpc) is 2.82. The molecule has 5 nitrogen and oxygen atoms in total. The number of aliphatic hydroxyl groups excluding tert-OH is 1. The highest BCUT2D eigenvalue weighted by molar-refractivity contribution is 5.79. The van der Waals surface area contributed by atoms with Crippen molar-refractivity contribution in [3.8, 4) is 5.69 Å². The summed E-state index contributed by atoms with van der Waals surface area (Å²) in [5.41, 5.74) is 1.35. The molecule has 0 aliphatic carbocycles. The number of carbonyl (C=O) groups excluding carboxylic acids is 1. The van der Waals surface area contributed by atoms with Crippen molar-refractivity contribution in [3.63, 3.8) is 0 Å². The van der Waals surface area contributed by atoms with Crippen LogP contribution in [0.3, 0.4) is 0 Å². The van der Waals surface area contributed by atoms with Crippen LogP contribution in [0.15, 0.2) is 24.3 Å². The standard InChI is InChI=1S/C17H20F3N3O2/c1-10(9-24)21-16(25)8-15-11(2)22-23(12(15)3)14-6-4-5-13(7-14)17(18,19)20/h4-7,10,24H,8-9H2,1-3H3,(H,21,25). The van der Waals surface area contributed by atoms with Gasteiger partial charge in [0.2, 0.25) is 5.91 Å². The fourth-order valence-corrected chi connectivity index (χ4v) is 2.53. The van der Waals surface area contributed by atoms with Gasteiger partial charge in [-0.3, -0.25) is 4.79 Å². The predicted octanol–water partition coefficient (Wildman–Crippen LogP) is 2.55. The van der Waals surface area contributed by atoms with Crippen molar-refractivity contribution in [1.29, 1.82) is 0 Å². The Hall–Kier alpha value is -2.35. The van der Waals surface area contributed by atoms with Crippen molar-refractivity contribution >= 4 is 5.91 Å². The van der Waals surface area contributed by atoms with E-state index in [9.17, 15) is 18.0 Å². The zero-order chi connectivity index (χ0) is 18.8. The molecule has 2 aromatic rings. The molecule has 1 atom stereocenters. The summed E-state index contributed by atoms with van der Waals surface area (Å²) >= 11 is 0. The van der Waals surface area contributed by atoms with Crippen molar-refractivity contribution in [2.75, 3.05) is 6.61 Å². The van der Waals surface area contributed by atoms with E-state index in [0.717, 1.165) is 12.1 Å². The Morgan fingerprint density at radius 3 is 2.64 bits per heavy atom. The third-order valence-electron chi connectivity index (χ3n) is 3.88. The molecule has 0 aliphatic rings. The molecule has 1 aromatic heterocycles. The molecule has 0 radical (unpaired) electrons. The number of carbonyl (C=O) groups is 1. The maximum atomic E-state index is 12.9. The predicted molar refractivity (Wildman–Crippen MR) is 86.4 cm³/mol. The summed E-state index contributed by atoms with van der Waals surface area (Å²) in [4.78, 5) is 12.0. The lowest BCUT2D eigenvalue weighted by Gasteiger charge is -2.11. The van der Waals surface area contributed by atoms with Crippen LogP contribution in [-0.2, 0) is 17.4 Å². The topological polar surface area (TPSA) is 67.2 Å². The van der Waals surface area contributed by atoms with Gasteiger partial charge in [-0.15, -0.1) is 0 Å². The van der Waals surface area contributed by atoms with Gasteiger partial charge in [0.1, 0.15) is 0 Å². The van der Waals surface area contributed by atoms with Crippen LogP contribution in [-0.4, -0.2) is 33.4 Å². The Morgan fingerprint density at radius 2 is 2.04 bits per heavy atom. The Labute approximate surface area is 143 Å². The number of nitrogens with zero attached hydrogens (tertiary/aromatic N) is 2. The van der Waals surface area contributed by atoms with Gasteiger partial charge in [-0.1, -0.05) is 6.07 Å². The van der Waals surface area contributed by atoms with Gasteiger partial charge in [0.05, 0.1) is 30.0 Å². The molecule has 1 aromatic carbocycles. The number of rotatable bonds is 5. The Balaban J connectivity index is 2.32. The van der Waals surface area contributed by atoms with Crippen molar-refractivity contribution < 1.29 is 23.1 Å². The molecule has 25 heavy (non-hydrogen) atoms. The maximum Gasteiger partial charge on any atom is 0.416 e. The fourth-order valence-electron chi connectivity index (χ4n) is 2.53. The van der Waals surface area contributed by atoms with Crippen LogP contribution in [0.25, 0.3) is 5.69 Å². The van der Waals surface area contributed by atoms with Crippen molar-refractivity contribution in [2.45, 2.75) is 39.4 Å². The number of amides is 1. The van der Waals surface area contributed by atoms with Crippen LogP contribution in [0.2, 0.25) is 0 Å². The molecule has 0 bridgehead atoms. The molecular weight excluding hydrogens is 335 g/mol. The van der Waals surface area contributed by atoms with Crippen LogP contribution in [0.4, 0.5) is 13.2 Å².